The number of hydrogen-bond donors (Lipinski definition) is 1. The van der Waals surface area contributed by atoms with Crippen molar-refractivity contribution in [3.8, 4) is 0 Å². The summed E-state index contributed by atoms with van der Waals surface area (Å²) in [5.74, 6) is -0.265. The van der Waals surface area contributed by atoms with Gasteiger partial charge < -0.3 is 5.11 Å². The van der Waals surface area contributed by atoms with Gasteiger partial charge in [0.2, 0.25) is 0 Å². The Morgan fingerprint density at radius 1 is 1.00 bits per heavy atom. The SMILES string of the molecule is Cc1ccc(C(O)C(=O)c2ccccc2)cc1C. The minimum absolute atomic E-state index is 0.265. The molecule has 2 nitrogen and oxygen atoms in total. The maximum absolute atomic E-state index is 12.1. The summed E-state index contributed by atoms with van der Waals surface area (Å²) in [6.45, 7) is 3.98. The predicted octanol–water partition coefficient (Wildman–Crippen LogP) is 3.22. The van der Waals surface area contributed by atoms with Gasteiger partial charge in [-0.3, -0.25) is 4.79 Å². The third-order valence-electron chi connectivity index (χ3n) is 3.15. The Balaban J connectivity index is 2.28. The number of carbonyl (C=O) groups is 1. The van der Waals surface area contributed by atoms with Crippen molar-refractivity contribution in [3.63, 3.8) is 0 Å². The molecule has 2 aromatic rings. The number of ketones is 1. The number of aliphatic hydroxyl groups is 1. The largest absolute Gasteiger partial charge is 0.380 e. The summed E-state index contributed by atoms with van der Waals surface area (Å²) >= 11 is 0. The zero-order valence-electron chi connectivity index (χ0n) is 10.6. The van der Waals surface area contributed by atoms with E-state index in [-0.39, 0.29) is 5.78 Å². The summed E-state index contributed by atoms with van der Waals surface area (Å²) in [4.78, 5) is 12.1. The van der Waals surface area contributed by atoms with E-state index in [4.69, 9.17) is 0 Å². The summed E-state index contributed by atoms with van der Waals surface area (Å²) in [5.41, 5.74) is 3.40. The van der Waals surface area contributed by atoms with E-state index in [1.165, 1.54) is 0 Å². The van der Waals surface area contributed by atoms with Gasteiger partial charge >= 0.3 is 0 Å². The molecule has 0 aliphatic carbocycles. The van der Waals surface area contributed by atoms with Gasteiger partial charge in [0.1, 0.15) is 6.10 Å². The highest BCUT2D eigenvalue weighted by molar-refractivity contribution is 5.99. The fraction of sp³-hybridized carbons (Fsp3) is 0.188. The summed E-state index contributed by atoms with van der Waals surface area (Å²) in [6.07, 6.45) is -1.09. The molecule has 1 atom stereocenters. The van der Waals surface area contributed by atoms with Crippen LogP contribution in [0.15, 0.2) is 48.5 Å². The van der Waals surface area contributed by atoms with Gasteiger partial charge in [0.25, 0.3) is 0 Å². The molecule has 0 amide bonds. The van der Waals surface area contributed by atoms with Crippen LogP contribution in [0.1, 0.15) is 33.2 Å². The van der Waals surface area contributed by atoms with Crippen LogP contribution in [0.5, 0.6) is 0 Å². The number of rotatable bonds is 3. The maximum Gasteiger partial charge on any atom is 0.195 e. The van der Waals surface area contributed by atoms with E-state index in [0.29, 0.717) is 11.1 Å². The molecule has 0 fully saturated rings. The Labute approximate surface area is 107 Å². The van der Waals surface area contributed by atoms with Crippen molar-refractivity contribution >= 4 is 5.78 Å². The highest BCUT2D eigenvalue weighted by Gasteiger charge is 2.19. The minimum atomic E-state index is -1.09. The second-order valence-corrected chi connectivity index (χ2v) is 4.48. The van der Waals surface area contributed by atoms with E-state index in [0.717, 1.165) is 11.1 Å². The minimum Gasteiger partial charge on any atom is -0.380 e. The third-order valence-corrected chi connectivity index (χ3v) is 3.15. The van der Waals surface area contributed by atoms with Crippen LogP contribution in [0, 0.1) is 13.8 Å². The van der Waals surface area contributed by atoms with Crippen LogP contribution in [-0.4, -0.2) is 10.9 Å². The lowest BCUT2D eigenvalue weighted by atomic mass is 9.97. The summed E-state index contributed by atoms with van der Waals surface area (Å²) < 4.78 is 0. The van der Waals surface area contributed by atoms with Gasteiger partial charge in [-0.25, -0.2) is 0 Å². The van der Waals surface area contributed by atoms with E-state index in [1.807, 2.05) is 32.0 Å². The topological polar surface area (TPSA) is 37.3 Å². The molecule has 0 aromatic heterocycles. The molecule has 0 spiro atoms. The fourth-order valence-electron chi connectivity index (χ4n) is 1.85. The van der Waals surface area contributed by atoms with Crippen molar-refractivity contribution in [2.75, 3.05) is 0 Å². The predicted molar refractivity (Wildman–Crippen MR) is 71.6 cm³/mol. The molecule has 2 rings (SSSR count). The van der Waals surface area contributed by atoms with Gasteiger partial charge in [-0.1, -0.05) is 48.5 Å². The van der Waals surface area contributed by atoms with Crippen molar-refractivity contribution in [2.24, 2.45) is 0 Å². The smallest absolute Gasteiger partial charge is 0.195 e. The van der Waals surface area contributed by atoms with Crippen molar-refractivity contribution in [1.29, 1.82) is 0 Å². The summed E-state index contributed by atoms with van der Waals surface area (Å²) in [5, 5.41) is 10.1. The number of hydrogen-bond acceptors (Lipinski definition) is 2. The number of Topliss-reactive ketones (excluding diaryl/α,β-unsaturated/α-hetero) is 1. The van der Waals surface area contributed by atoms with E-state index < -0.39 is 6.10 Å². The van der Waals surface area contributed by atoms with Gasteiger partial charge in [-0.05, 0) is 30.5 Å². The van der Waals surface area contributed by atoms with Crippen LogP contribution in [0.3, 0.4) is 0 Å². The van der Waals surface area contributed by atoms with E-state index in [2.05, 4.69) is 0 Å². The van der Waals surface area contributed by atoms with Crippen LogP contribution in [0.2, 0.25) is 0 Å². The molecule has 1 N–H and O–H groups in total. The number of benzene rings is 2. The Morgan fingerprint density at radius 3 is 2.28 bits per heavy atom. The molecule has 1 unspecified atom stereocenters. The molecule has 2 heteroatoms. The van der Waals surface area contributed by atoms with E-state index >= 15 is 0 Å². The number of aryl methyl sites for hydroxylation is 2. The van der Waals surface area contributed by atoms with E-state index in [9.17, 15) is 9.90 Å². The van der Waals surface area contributed by atoms with Crippen LogP contribution >= 0.6 is 0 Å². The first kappa shape index (κ1) is 12.5. The molecule has 0 aliphatic rings. The molecular weight excluding hydrogens is 224 g/mol. The van der Waals surface area contributed by atoms with Gasteiger partial charge in [0.05, 0.1) is 0 Å². The first-order chi connectivity index (χ1) is 8.59. The van der Waals surface area contributed by atoms with Crippen LogP contribution < -0.4 is 0 Å². The standard InChI is InChI=1S/C16H16O2/c1-11-8-9-14(10-12(11)2)16(18)15(17)13-6-4-3-5-7-13/h3-10,16,18H,1-2H3. The Bertz CT molecular complexity index is 559. The Hall–Kier alpha value is -1.93. The number of aliphatic hydroxyl groups excluding tert-OH is 1. The molecule has 0 saturated heterocycles. The zero-order chi connectivity index (χ0) is 13.1. The van der Waals surface area contributed by atoms with Crippen molar-refractivity contribution in [1.82, 2.24) is 0 Å². The van der Waals surface area contributed by atoms with Crippen LogP contribution in [-0.2, 0) is 0 Å². The van der Waals surface area contributed by atoms with Gasteiger partial charge in [-0.15, -0.1) is 0 Å². The molecule has 2 aromatic carbocycles. The lowest BCUT2D eigenvalue weighted by molar-refractivity contribution is 0.0747. The fourth-order valence-corrected chi connectivity index (χ4v) is 1.85. The first-order valence-corrected chi connectivity index (χ1v) is 5.94. The second-order valence-electron chi connectivity index (χ2n) is 4.48. The second kappa shape index (κ2) is 5.15. The maximum atomic E-state index is 12.1. The molecule has 0 aliphatic heterocycles. The van der Waals surface area contributed by atoms with Crippen LogP contribution in [0.4, 0.5) is 0 Å². The third kappa shape index (κ3) is 2.49. The monoisotopic (exact) mass is 240 g/mol. The van der Waals surface area contributed by atoms with Crippen molar-refractivity contribution in [3.05, 3.63) is 70.8 Å². The average Bonchev–Trinajstić information content (AvgIpc) is 2.41. The highest BCUT2D eigenvalue weighted by Crippen LogP contribution is 2.20. The molecule has 0 radical (unpaired) electrons. The summed E-state index contributed by atoms with van der Waals surface area (Å²) in [6, 6.07) is 14.4. The van der Waals surface area contributed by atoms with Crippen LogP contribution in [0.25, 0.3) is 0 Å². The number of carbonyl (C=O) groups excluding carboxylic acids is 1. The average molecular weight is 240 g/mol. The lowest BCUT2D eigenvalue weighted by Gasteiger charge is -2.11. The zero-order valence-corrected chi connectivity index (χ0v) is 10.6. The quantitative estimate of drug-likeness (QED) is 0.836. The molecule has 0 bridgehead atoms. The molecule has 0 saturated carbocycles. The molecule has 0 heterocycles. The molecular formula is C16H16O2. The lowest BCUT2D eigenvalue weighted by Crippen LogP contribution is -2.12. The normalized spacial score (nSPS) is 12.2. The van der Waals surface area contributed by atoms with E-state index in [1.54, 1.807) is 30.3 Å². The first-order valence-electron chi connectivity index (χ1n) is 5.94. The Kier molecular flexibility index (Phi) is 3.58. The van der Waals surface area contributed by atoms with Crippen molar-refractivity contribution in [2.45, 2.75) is 20.0 Å². The van der Waals surface area contributed by atoms with Gasteiger partial charge in [0.15, 0.2) is 5.78 Å². The molecule has 92 valence electrons. The Morgan fingerprint density at radius 2 is 1.67 bits per heavy atom. The van der Waals surface area contributed by atoms with Gasteiger partial charge in [0, 0.05) is 5.56 Å². The highest BCUT2D eigenvalue weighted by atomic mass is 16.3. The summed E-state index contributed by atoms with van der Waals surface area (Å²) in [7, 11) is 0. The molecule has 18 heavy (non-hydrogen) atoms. The van der Waals surface area contributed by atoms with Gasteiger partial charge in [-0.2, -0.15) is 0 Å². The van der Waals surface area contributed by atoms with Crippen molar-refractivity contribution < 1.29 is 9.90 Å².